The maximum atomic E-state index is 12.9. The Balaban J connectivity index is 1.03. The van der Waals surface area contributed by atoms with Gasteiger partial charge in [0.15, 0.2) is 25.2 Å². The molecule has 4 heterocycles. The van der Waals surface area contributed by atoms with Crippen LogP contribution in [0.2, 0.25) is 0 Å². The molecule has 0 spiro atoms. The summed E-state index contributed by atoms with van der Waals surface area (Å²) in [6.45, 7) is 11.2. The summed E-state index contributed by atoms with van der Waals surface area (Å²) < 4.78 is 48.6. The molecule has 0 radical (unpaired) electrons. The highest BCUT2D eigenvalue weighted by molar-refractivity contribution is 5.22. The molecule has 79 heavy (non-hydrogen) atoms. The van der Waals surface area contributed by atoms with Gasteiger partial charge in [-0.3, -0.25) is 0 Å². The highest BCUT2D eigenvalue weighted by Gasteiger charge is 2.74. The van der Waals surface area contributed by atoms with Gasteiger partial charge in [0.2, 0.25) is 0 Å². The van der Waals surface area contributed by atoms with E-state index < -0.39 is 207 Å². The molecule has 4 aliphatic carbocycles. The minimum absolute atomic E-state index is 0.0337. The Morgan fingerprint density at radius 2 is 1.06 bits per heavy atom. The summed E-state index contributed by atoms with van der Waals surface area (Å²) in [6.07, 6.45) is -30.4. The largest absolute Gasteiger partial charge is 0.394 e. The number of aliphatic hydroxyl groups excluding tert-OH is 17. The Morgan fingerprint density at radius 3 is 1.65 bits per heavy atom. The zero-order valence-corrected chi connectivity index (χ0v) is 46.2. The van der Waals surface area contributed by atoms with Gasteiger partial charge in [0.05, 0.1) is 56.9 Å². The van der Waals surface area contributed by atoms with Crippen molar-refractivity contribution >= 4 is 0 Å². The van der Waals surface area contributed by atoms with E-state index in [0.717, 1.165) is 0 Å². The average Bonchev–Trinajstić information content (AvgIpc) is 3.92. The van der Waals surface area contributed by atoms with Crippen LogP contribution in [-0.4, -0.2) is 267 Å². The van der Waals surface area contributed by atoms with Crippen LogP contribution < -0.4 is 0 Å². The predicted molar refractivity (Wildman–Crippen MR) is 269 cm³/mol. The van der Waals surface area contributed by atoms with Crippen LogP contribution in [0.25, 0.3) is 0 Å². The maximum Gasteiger partial charge on any atom is 0.187 e. The van der Waals surface area contributed by atoms with Gasteiger partial charge in [0.1, 0.15) is 97.7 Å². The standard InChI is InChI=1S/C54H92O25/c1-22(17-55)9-8-12-53(6,79-48-44(71)40(67)37(64)28(76-48)21-72-46-42(69)38(65)34(61)25(18-56)73-46)23-10-13-52(5)33(23)24(59)15-30-51(52,4)14-11-29-50(2,3)32(16-31(60)54(29,30)7)77-49-45(41(68)36(63)27(20-58)75-49)78-47-43(70)39(66)35(62)26(19-57)74-47/h9,23-49,55-71H,8,10-21H2,1-7H3/b22-9-/t23?,24?,25-,26-,27-,28-,29?,30?,31?,32?,33?,34-,35-,36-,37-,38+,39+,40+,41+,42-,43-,44-,45-,46-,47+,48+,49+,51-,52-,53-,54+/m1/s1. The molecule has 0 amide bonds. The highest BCUT2D eigenvalue weighted by Crippen LogP contribution is 2.76. The molecule has 0 aromatic heterocycles. The van der Waals surface area contributed by atoms with Crippen molar-refractivity contribution in [3.8, 4) is 0 Å². The molecule has 4 aliphatic heterocycles. The molecule has 31 atom stereocenters. The van der Waals surface area contributed by atoms with Crippen molar-refractivity contribution in [2.24, 2.45) is 45.3 Å². The lowest BCUT2D eigenvalue weighted by Crippen LogP contribution is -2.70. The normalized spacial score (nSPS) is 52.9. The van der Waals surface area contributed by atoms with E-state index in [2.05, 4.69) is 20.8 Å². The van der Waals surface area contributed by atoms with Crippen LogP contribution in [0, 0.1) is 45.3 Å². The molecule has 8 rings (SSSR count). The van der Waals surface area contributed by atoms with Gasteiger partial charge in [-0.15, -0.1) is 0 Å². The number of fused-ring (bicyclic) bond motifs is 5. The van der Waals surface area contributed by atoms with E-state index in [1.807, 2.05) is 26.8 Å². The number of hydrogen-bond donors (Lipinski definition) is 17. The molecule has 8 aliphatic rings. The fourth-order valence-electron chi connectivity index (χ4n) is 16.2. The van der Waals surface area contributed by atoms with Gasteiger partial charge in [0.25, 0.3) is 0 Å². The molecular weight excluding hydrogens is 1050 g/mol. The molecule has 4 saturated heterocycles. The van der Waals surface area contributed by atoms with Gasteiger partial charge in [-0.05, 0) is 98.7 Å². The summed E-state index contributed by atoms with van der Waals surface area (Å²) in [4.78, 5) is 0. The third kappa shape index (κ3) is 11.1. The lowest BCUT2D eigenvalue weighted by Gasteiger charge is -2.71. The maximum absolute atomic E-state index is 12.9. The zero-order valence-electron chi connectivity index (χ0n) is 46.2. The third-order valence-corrected chi connectivity index (χ3v) is 21.2. The predicted octanol–water partition coefficient (Wildman–Crippen LogP) is -4.26. The molecule has 458 valence electrons. The Kier molecular flexibility index (Phi) is 19.6. The van der Waals surface area contributed by atoms with Crippen molar-refractivity contribution in [2.45, 2.75) is 247 Å². The van der Waals surface area contributed by atoms with Crippen LogP contribution in [0.4, 0.5) is 0 Å². The molecule has 4 saturated carbocycles. The molecule has 7 unspecified atom stereocenters. The third-order valence-electron chi connectivity index (χ3n) is 21.2. The van der Waals surface area contributed by atoms with Crippen LogP contribution in [0.1, 0.15) is 99.8 Å². The first kappa shape index (κ1) is 63.8. The van der Waals surface area contributed by atoms with E-state index in [-0.39, 0.29) is 31.3 Å². The topological polar surface area (TPSA) is 418 Å². The monoisotopic (exact) mass is 1140 g/mol. The van der Waals surface area contributed by atoms with Crippen molar-refractivity contribution < 1.29 is 125 Å². The summed E-state index contributed by atoms with van der Waals surface area (Å²) in [5.41, 5.74) is -3.20. The number of aliphatic hydroxyl groups is 17. The molecular formula is C54H92O25. The SMILES string of the molecule is C/C(=C/CC[C@@](C)(O[C@@H]1O[C@H](CO[C@@H]2O[C@H](CO)[C@@H](O)[C@H](O)[C@H]2O)[C@@H](O)[C@H](O)[C@H]1O)C1CC[C@]2(C)C1C(O)CC1[C@@]3(C)C(O)CC(O[C@@H]4O[C@H](CO)[C@@H](O)[C@H](O)[C@H]4O[C@@H]4O[C@H](CO)[C@@H](O)[C@H](O)[C@H]4O)C(C)(C)C3CC[C@]12C)CO. The second-order valence-electron chi connectivity index (χ2n) is 25.7. The minimum Gasteiger partial charge on any atom is -0.394 e. The lowest BCUT2D eigenvalue weighted by molar-refractivity contribution is -0.381. The Bertz CT molecular complexity index is 2050. The van der Waals surface area contributed by atoms with Gasteiger partial charge in [-0.2, -0.15) is 0 Å². The van der Waals surface area contributed by atoms with Gasteiger partial charge >= 0.3 is 0 Å². The Labute approximate surface area is 460 Å². The first-order valence-electron chi connectivity index (χ1n) is 28.2. The Morgan fingerprint density at radius 1 is 0.557 bits per heavy atom. The highest BCUT2D eigenvalue weighted by atomic mass is 16.8. The molecule has 0 bridgehead atoms. The Hall–Kier alpha value is -1.26. The van der Waals surface area contributed by atoms with Gasteiger partial charge in [0, 0.05) is 11.8 Å². The van der Waals surface area contributed by atoms with Crippen molar-refractivity contribution in [2.75, 3.05) is 33.0 Å². The molecule has 8 fully saturated rings. The van der Waals surface area contributed by atoms with Crippen LogP contribution in [-0.2, 0) is 37.9 Å². The van der Waals surface area contributed by atoms with Gasteiger partial charge in [-0.25, -0.2) is 0 Å². The van der Waals surface area contributed by atoms with E-state index in [1.54, 1.807) is 6.92 Å². The number of hydrogen-bond acceptors (Lipinski definition) is 25. The molecule has 25 nitrogen and oxygen atoms in total. The van der Waals surface area contributed by atoms with Crippen LogP contribution >= 0.6 is 0 Å². The smallest absolute Gasteiger partial charge is 0.187 e. The van der Waals surface area contributed by atoms with Crippen molar-refractivity contribution in [3.63, 3.8) is 0 Å². The fourth-order valence-corrected chi connectivity index (χ4v) is 16.2. The second kappa shape index (κ2) is 24.2. The fraction of sp³-hybridized carbons (Fsp3) is 0.963. The van der Waals surface area contributed by atoms with Gasteiger partial charge < -0.3 is 125 Å². The van der Waals surface area contributed by atoms with Crippen molar-refractivity contribution in [3.05, 3.63) is 11.6 Å². The average molecular weight is 1140 g/mol. The van der Waals surface area contributed by atoms with E-state index >= 15 is 0 Å². The molecule has 25 heteroatoms. The number of allylic oxidation sites excluding steroid dienone is 1. The number of ether oxygens (including phenoxy) is 8. The van der Waals surface area contributed by atoms with Crippen LogP contribution in [0.3, 0.4) is 0 Å². The second-order valence-corrected chi connectivity index (χ2v) is 25.7. The van der Waals surface area contributed by atoms with Crippen LogP contribution in [0.15, 0.2) is 11.6 Å². The van der Waals surface area contributed by atoms with Gasteiger partial charge in [-0.1, -0.05) is 46.3 Å². The summed E-state index contributed by atoms with van der Waals surface area (Å²) >= 11 is 0. The van der Waals surface area contributed by atoms with Crippen molar-refractivity contribution in [1.29, 1.82) is 0 Å². The summed E-state index contributed by atoms with van der Waals surface area (Å²) in [5.74, 6) is -1.34. The lowest BCUT2D eigenvalue weighted by atomic mass is 9.34. The quantitative estimate of drug-likeness (QED) is 0.0484. The number of rotatable bonds is 17. The first-order valence-corrected chi connectivity index (χ1v) is 28.2. The minimum atomic E-state index is -1.87. The van der Waals surface area contributed by atoms with E-state index in [0.29, 0.717) is 44.1 Å². The summed E-state index contributed by atoms with van der Waals surface area (Å²) in [6, 6.07) is 0. The van der Waals surface area contributed by atoms with Crippen LogP contribution in [0.5, 0.6) is 0 Å². The van der Waals surface area contributed by atoms with E-state index in [4.69, 9.17) is 37.9 Å². The summed E-state index contributed by atoms with van der Waals surface area (Å²) in [7, 11) is 0. The van der Waals surface area contributed by atoms with Crippen molar-refractivity contribution in [1.82, 2.24) is 0 Å². The summed E-state index contributed by atoms with van der Waals surface area (Å²) in [5, 5.41) is 185. The van der Waals surface area contributed by atoms with E-state index in [9.17, 15) is 86.8 Å². The zero-order chi connectivity index (χ0) is 58.2. The molecule has 0 aromatic rings. The van der Waals surface area contributed by atoms with E-state index in [1.165, 1.54) is 0 Å². The molecule has 17 N–H and O–H groups in total. The first-order chi connectivity index (χ1) is 37.0. The molecule has 0 aromatic carbocycles.